The molecule has 0 aliphatic heterocycles. The van der Waals surface area contributed by atoms with Gasteiger partial charge in [-0.05, 0) is 57.8 Å². The molecule has 1 amide bonds. The van der Waals surface area contributed by atoms with Crippen LogP contribution in [-0.2, 0) is 14.3 Å². The molecule has 0 aromatic rings. The number of carbonyl (C=O) groups is 2. The minimum absolute atomic E-state index is 0.00217. The van der Waals surface area contributed by atoms with E-state index in [0.717, 1.165) is 51.4 Å². The molecule has 0 fully saturated rings. The summed E-state index contributed by atoms with van der Waals surface area (Å²) in [5.74, 6) is -0.0626. The molecule has 2 atom stereocenters. The van der Waals surface area contributed by atoms with Gasteiger partial charge in [-0.3, -0.25) is 9.59 Å². The molecule has 0 aromatic carbocycles. The summed E-state index contributed by atoms with van der Waals surface area (Å²) in [5.41, 5.74) is 0. The Labute approximate surface area is 443 Å². The van der Waals surface area contributed by atoms with Crippen molar-refractivity contribution in [2.24, 2.45) is 0 Å². The highest BCUT2D eigenvalue weighted by molar-refractivity contribution is 5.76. The SMILES string of the molecule is CCCC/C=C\C/C=C\CCCCCCCC(=O)OCCCCCCCCCCCCCCCCCCCCCCCCCCCCC(=O)NC(CO)C(O)/C=C/CCCCCCCCCCCCCC. The molecule has 418 valence electrons. The maximum Gasteiger partial charge on any atom is 0.305 e. The van der Waals surface area contributed by atoms with E-state index < -0.39 is 12.1 Å². The molecule has 71 heavy (non-hydrogen) atoms. The van der Waals surface area contributed by atoms with Crippen molar-refractivity contribution in [1.82, 2.24) is 5.32 Å². The normalized spacial score (nSPS) is 12.8. The second kappa shape index (κ2) is 60.6. The van der Waals surface area contributed by atoms with Crippen molar-refractivity contribution < 1.29 is 24.5 Å². The Morgan fingerprint density at radius 3 is 1.11 bits per heavy atom. The van der Waals surface area contributed by atoms with Crippen molar-refractivity contribution in [3.63, 3.8) is 0 Å². The number of unbranched alkanes of at least 4 members (excludes halogenated alkanes) is 44. The minimum Gasteiger partial charge on any atom is -0.466 e. The number of esters is 1. The molecule has 0 saturated carbocycles. The standard InChI is InChI=1S/C65H123NO5/c1-3-5-7-9-11-13-15-17-33-37-41-45-49-53-57-63(68)62(61-67)66-64(69)58-54-50-46-42-38-34-31-29-27-25-23-21-19-20-22-24-26-28-30-32-36-40-44-48-52-56-60-71-65(70)59-55-51-47-43-39-35-18-16-14-12-10-8-6-4-2/h10,12,16,18,53,57,62-63,67-68H,3-9,11,13-15,17,19-52,54-56,58-61H2,1-2H3,(H,66,69)/b12-10-,18-16-,57-53+. The van der Waals surface area contributed by atoms with Gasteiger partial charge in [0.25, 0.3) is 0 Å². The van der Waals surface area contributed by atoms with E-state index in [1.54, 1.807) is 6.08 Å². The van der Waals surface area contributed by atoms with Gasteiger partial charge in [-0.15, -0.1) is 0 Å². The summed E-state index contributed by atoms with van der Waals surface area (Å²) in [6.45, 7) is 4.87. The zero-order valence-corrected chi connectivity index (χ0v) is 47.7. The van der Waals surface area contributed by atoms with E-state index in [0.29, 0.717) is 19.4 Å². The summed E-state index contributed by atoms with van der Waals surface area (Å²) in [5, 5.41) is 23.1. The maximum atomic E-state index is 12.5. The summed E-state index contributed by atoms with van der Waals surface area (Å²) < 4.78 is 5.48. The van der Waals surface area contributed by atoms with Crippen molar-refractivity contribution >= 4 is 11.9 Å². The molecule has 2 unspecified atom stereocenters. The molecule has 0 saturated heterocycles. The van der Waals surface area contributed by atoms with Crippen LogP contribution >= 0.6 is 0 Å². The van der Waals surface area contributed by atoms with Crippen molar-refractivity contribution in [2.75, 3.05) is 13.2 Å². The lowest BCUT2D eigenvalue weighted by molar-refractivity contribution is -0.143. The van der Waals surface area contributed by atoms with E-state index in [1.165, 1.54) is 263 Å². The van der Waals surface area contributed by atoms with Gasteiger partial charge < -0.3 is 20.3 Å². The molecular weight excluding hydrogens is 875 g/mol. The van der Waals surface area contributed by atoms with Crippen molar-refractivity contribution in [3.8, 4) is 0 Å². The molecule has 0 radical (unpaired) electrons. The third-order valence-electron chi connectivity index (χ3n) is 14.7. The van der Waals surface area contributed by atoms with Crippen molar-refractivity contribution in [3.05, 3.63) is 36.5 Å². The van der Waals surface area contributed by atoms with Gasteiger partial charge in [-0.25, -0.2) is 0 Å². The lowest BCUT2D eigenvalue weighted by Crippen LogP contribution is -2.45. The van der Waals surface area contributed by atoms with Gasteiger partial charge in [0.15, 0.2) is 0 Å². The number of carbonyl (C=O) groups excluding carboxylic acids is 2. The van der Waals surface area contributed by atoms with E-state index in [9.17, 15) is 19.8 Å². The summed E-state index contributed by atoms with van der Waals surface area (Å²) in [4.78, 5) is 24.5. The van der Waals surface area contributed by atoms with Crippen LogP contribution in [0.25, 0.3) is 0 Å². The van der Waals surface area contributed by atoms with E-state index in [1.807, 2.05) is 6.08 Å². The summed E-state index contributed by atoms with van der Waals surface area (Å²) >= 11 is 0. The van der Waals surface area contributed by atoms with Gasteiger partial charge in [0.05, 0.1) is 25.4 Å². The molecule has 3 N–H and O–H groups in total. The van der Waals surface area contributed by atoms with Crippen molar-refractivity contribution in [2.45, 2.75) is 353 Å². The molecule has 0 heterocycles. The van der Waals surface area contributed by atoms with Gasteiger partial charge >= 0.3 is 5.97 Å². The Balaban J connectivity index is 3.37. The molecule has 6 heteroatoms. The first-order valence-electron chi connectivity index (χ1n) is 31.8. The fraction of sp³-hybridized carbons (Fsp3) is 0.877. The van der Waals surface area contributed by atoms with E-state index >= 15 is 0 Å². The maximum absolute atomic E-state index is 12.5. The van der Waals surface area contributed by atoms with E-state index in [-0.39, 0.29) is 18.5 Å². The lowest BCUT2D eigenvalue weighted by Gasteiger charge is -2.20. The van der Waals surface area contributed by atoms with Gasteiger partial charge in [-0.1, -0.05) is 307 Å². The lowest BCUT2D eigenvalue weighted by atomic mass is 10.0. The van der Waals surface area contributed by atoms with E-state index in [2.05, 4.69) is 43.5 Å². The number of aliphatic hydroxyl groups excluding tert-OH is 2. The second-order valence-electron chi connectivity index (χ2n) is 21.7. The first kappa shape index (κ1) is 69.1. The van der Waals surface area contributed by atoms with Gasteiger partial charge in [-0.2, -0.15) is 0 Å². The minimum atomic E-state index is -0.842. The number of rotatable bonds is 59. The van der Waals surface area contributed by atoms with Crippen LogP contribution in [0.3, 0.4) is 0 Å². The number of hydrogen-bond acceptors (Lipinski definition) is 5. The predicted molar refractivity (Wildman–Crippen MR) is 310 cm³/mol. The van der Waals surface area contributed by atoms with Crippen LogP contribution in [0.5, 0.6) is 0 Å². The smallest absolute Gasteiger partial charge is 0.305 e. The van der Waals surface area contributed by atoms with E-state index in [4.69, 9.17) is 4.74 Å². The molecule has 0 aliphatic rings. The Hall–Kier alpha value is -1.92. The van der Waals surface area contributed by atoms with Gasteiger partial charge in [0, 0.05) is 12.8 Å². The average Bonchev–Trinajstić information content (AvgIpc) is 3.37. The summed E-state index contributed by atoms with van der Waals surface area (Å²) in [7, 11) is 0. The summed E-state index contributed by atoms with van der Waals surface area (Å²) in [6, 6.07) is -0.626. The van der Waals surface area contributed by atoms with Crippen LogP contribution in [0, 0.1) is 0 Å². The Bertz CT molecular complexity index is 1150. The Morgan fingerprint density at radius 1 is 0.394 bits per heavy atom. The van der Waals surface area contributed by atoms with Crippen molar-refractivity contribution in [1.29, 1.82) is 0 Å². The fourth-order valence-electron chi connectivity index (χ4n) is 9.77. The highest BCUT2D eigenvalue weighted by Crippen LogP contribution is 2.18. The average molecular weight is 999 g/mol. The number of hydrogen-bond donors (Lipinski definition) is 3. The molecule has 0 rings (SSSR count). The number of allylic oxidation sites excluding steroid dienone is 5. The van der Waals surface area contributed by atoms with Crippen LogP contribution in [0.15, 0.2) is 36.5 Å². The van der Waals surface area contributed by atoms with Crippen LogP contribution in [0.4, 0.5) is 0 Å². The molecular formula is C65H123NO5. The highest BCUT2D eigenvalue weighted by Gasteiger charge is 2.18. The Kier molecular flexibility index (Phi) is 59.0. The third kappa shape index (κ3) is 57.2. The topological polar surface area (TPSA) is 95.9 Å². The number of nitrogens with one attached hydrogen (secondary N) is 1. The molecule has 0 bridgehead atoms. The quantitative estimate of drug-likeness (QED) is 0.0321. The van der Waals surface area contributed by atoms with Gasteiger partial charge in [0.1, 0.15) is 0 Å². The predicted octanol–water partition coefficient (Wildman–Crippen LogP) is 20.0. The summed E-state index contributed by atoms with van der Waals surface area (Å²) in [6.07, 6.45) is 76.2. The van der Waals surface area contributed by atoms with Crippen LogP contribution < -0.4 is 5.32 Å². The molecule has 0 aliphatic carbocycles. The molecule has 6 nitrogen and oxygen atoms in total. The fourth-order valence-corrected chi connectivity index (χ4v) is 9.77. The number of amides is 1. The zero-order valence-electron chi connectivity index (χ0n) is 47.7. The molecule has 0 aromatic heterocycles. The monoisotopic (exact) mass is 998 g/mol. The second-order valence-corrected chi connectivity index (χ2v) is 21.7. The Morgan fingerprint density at radius 2 is 0.718 bits per heavy atom. The van der Waals surface area contributed by atoms with Crippen LogP contribution in [0.2, 0.25) is 0 Å². The van der Waals surface area contributed by atoms with Gasteiger partial charge in [0.2, 0.25) is 5.91 Å². The zero-order chi connectivity index (χ0) is 51.4. The van der Waals surface area contributed by atoms with Crippen LogP contribution in [0.1, 0.15) is 341 Å². The largest absolute Gasteiger partial charge is 0.466 e. The number of aliphatic hydroxyl groups is 2. The highest BCUT2D eigenvalue weighted by atomic mass is 16.5. The van der Waals surface area contributed by atoms with Crippen LogP contribution in [-0.4, -0.2) is 47.4 Å². The number of ether oxygens (including phenoxy) is 1. The first-order valence-corrected chi connectivity index (χ1v) is 31.8. The third-order valence-corrected chi connectivity index (χ3v) is 14.7. The molecule has 0 spiro atoms. The first-order chi connectivity index (χ1) is 35.0.